The number of nitrogens with two attached hydrogens (primary N) is 1. The third kappa shape index (κ3) is 3.27. The first kappa shape index (κ1) is 15.6. The maximum absolute atomic E-state index is 12.0. The Kier molecular flexibility index (Phi) is 4.38. The number of hydrogen-bond donors (Lipinski definition) is 3. The lowest BCUT2D eigenvalue weighted by Gasteiger charge is -2.24. The molecule has 0 saturated carbocycles. The van der Waals surface area contributed by atoms with Gasteiger partial charge in [0.05, 0.1) is 16.3 Å². The second kappa shape index (κ2) is 5.90. The Morgan fingerprint density at radius 1 is 1.38 bits per heavy atom. The van der Waals surface area contributed by atoms with Gasteiger partial charge >= 0.3 is 0 Å². The topological polar surface area (TPSA) is 105 Å². The first-order valence-corrected chi connectivity index (χ1v) is 8.12. The highest BCUT2D eigenvalue weighted by Gasteiger charge is 2.23. The fourth-order valence-electron chi connectivity index (χ4n) is 2.14. The van der Waals surface area contributed by atoms with Gasteiger partial charge in [-0.25, -0.2) is 12.7 Å². The smallest absolute Gasteiger partial charge is 0.242 e. The van der Waals surface area contributed by atoms with Crippen LogP contribution in [0.3, 0.4) is 0 Å². The van der Waals surface area contributed by atoms with Gasteiger partial charge in [0.25, 0.3) is 0 Å². The van der Waals surface area contributed by atoms with E-state index in [0.717, 1.165) is 17.1 Å². The minimum atomic E-state index is -3.51. The quantitative estimate of drug-likeness (QED) is 0.689. The van der Waals surface area contributed by atoms with Crippen molar-refractivity contribution in [3.8, 4) is 0 Å². The molecule has 1 aliphatic heterocycles. The zero-order valence-electron chi connectivity index (χ0n) is 12.1. The van der Waals surface area contributed by atoms with Gasteiger partial charge in [-0.3, -0.25) is 4.79 Å². The zero-order chi connectivity index (χ0) is 15.6. The Labute approximate surface area is 124 Å². The highest BCUT2D eigenvalue weighted by atomic mass is 32.2. The minimum absolute atomic E-state index is 0.0642. The van der Waals surface area contributed by atoms with Crippen molar-refractivity contribution in [1.82, 2.24) is 9.62 Å². The maximum atomic E-state index is 12.0. The Balaban J connectivity index is 2.22. The number of nitrogen functional groups attached to an aromatic ring is 1. The van der Waals surface area contributed by atoms with E-state index in [-0.39, 0.29) is 16.8 Å². The molecule has 1 heterocycles. The number of rotatable bonds is 4. The summed E-state index contributed by atoms with van der Waals surface area (Å²) in [6.07, 6.45) is 1.62. The normalized spacial score (nSPS) is 19.4. The summed E-state index contributed by atoms with van der Waals surface area (Å²) < 4.78 is 25.2. The Morgan fingerprint density at radius 3 is 2.67 bits per heavy atom. The summed E-state index contributed by atoms with van der Waals surface area (Å²) in [5.41, 5.74) is 6.77. The number of benzene rings is 1. The fourth-order valence-corrected chi connectivity index (χ4v) is 3.08. The van der Waals surface area contributed by atoms with Crippen molar-refractivity contribution in [2.24, 2.45) is 0 Å². The van der Waals surface area contributed by atoms with E-state index in [1.54, 1.807) is 6.07 Å². The van der Waals surface area contributed by atoms with Crippen LogP contribution >= 0.6 is 0 Å². The number of amides is 1. The largest absolute Gasteiger partial charge is 0.397 e. The van der Waals surface area contributed by atoms with Crippen LogP contribution in [0.5, 0.6) is 0 Å². The standard InChI is InChI=1S/C13H20N4O3S/c1-17(2)21(19,20)9-5-6-11(10(14)8-9)16-12-4-3-7-15-13(12)18/h5-6,8,12,16H,3-4,7,14H2,1-2H3,(H,15,18). The Bertz CT molecular complexity index is 643. The third-order valence-electron chi connectivity index (χ3n) is 3.42. The van der Waals surface area contributed by atoms with Crippen molar-refractivity contribution in [2.45, 2.75) is 23.8 Å². The van der Waals surface area contributed by atoms with Crippen LogP contribution in [0.2, 0.25) is 0 Å². The lowest BCUT2D eigenvalue weighted by Crippen LogP contribution is -2.44. The molecule has 0 aliphatic carbocycles. The number of nitrogens with zero attached hydrogens (tertiary/aromatic N) is 1. The first-order chi connectivity index (χ1) is 9.82. The van der Waals surface area contributed by atoms with Gasteiger partial charge in [0.1, 0.15) is 6.04 Å². The van der Waals surface area contributed by atoms with Crippen molar-refractivity contribution in [1.29, 1.82) is 0 Å². The molecule has 2 rings (SSSR count). The van der Waals surface area contributed by atoms with Gasteiger partial charge in [-0.15, -0.1) is 0 Å². The number of piperidine rings is 1. The summed E-state index contributed by atoms with van der Waals surface area (Å²) in [6, 6.07) is 4.14. The number of nitrogens with one attached hydrogen (secondary N) is 2. The minimum Gasteiger partial charge on any atom is -0.397 e. The summed E-state index contributed by atoms with van der Waals surface area (Å²) in [5, 5.41) is 5.84. The molecule has 0 radical (unpaired) electrons. The van der Waals surface area contributed by atoms with Gasteiger partial charge in [-0.1, -0.05) is 0 Å². The number of carbonyl (C=O) groups excluding carboxylic acids is 1. The van der Waals surface area contributed by atoms with Crippen LogP contribution in [-0.4, -0.2) is 45.3 Å². The third-order valence-corrected chi connectivity index (χ3v) is 5.23. The van der Waals surface area contributed by atoms with Crippen molar-refractivity contribution >= 4 is 27.3 Å². The molecule has 1 aliphatic rings. The van der Waals surface area contributed by atoms with Crippen molar-refractivity contribution < 1.29 is 13.2 Å². The van der Waals surface area contributed by atoms with Crippen LogP contribution in [0.15, 0.2) is 23.1 Å². The predicted molar refractivity (Wildman–Crippen MR) is 81.4 cm³/mol. The molecule has 1 unspecified atom stereocenters. The highest BCUT2D eigenvalue weighted by molar-refractivity contribution is 7.89. The van der Waals surface area contributed by atoms with Crippen molar-refractivity contribution in [3.05, 3.63) is 18.2 Å². The van der Waals surface area contributed by atoms with E-state index in [0.29, 0.717) is 17.9 Å². The van der Waals surface area contributed by atoms with Crippen LogP contribution in [0.1, 0.15) is 12.8 Å². The summed E-state index contributed by atoms with van der Waals surface area (Å²) in [7, 11) is -0.589. The molecular formula is C13H20N4O3S. The summed E-state index contributed by atoms with van der Waals surface area (Å²) in [4.78, 5) is 11.8. The molecule has 1 aromatic rings. The second-order valence-corrected chi connectivity index (χ2v) is 7.32. The summed E-state index contributed by atoms with van der Waals surface area (Å²) >= 11 is 0. The SMILES string of the molecule is CN(C)S(=O)(=O)c1ccc(NC2CCCNC2=O)c(N)c1. The van der Waals surface area contributed by atoms with Gasteiger partial charge in [-0.2, -0.15) is 0 Å². The van der Waals surface area contributed by atoms with Gasteiger partial charge in [0, 0.05) is 20.6 Å². The van der Waals surface area contributed by atoms with Crippen LogP contribution in [-0.2, 0) is 14.8 Å². The number of anilines is 2. The highest BCUT2D eigenvalue weighted by Crippen LogP contribution is 2.25. The van der Waals surface area contributed by atoms with Crippen molar-refractivity contribution in [3.63, 3.8) is 0 Å². The number of hydrogen-bond acceptors (Lipinski definition) is 5. The Hall–Kier alpha value is -1.80. The van der Waals surface area contributed by atoms with Crippen LogP contribution in [0, 0.1) is 0 Å². The summed E-state index contributed by atoms with van der Waals surface area (Å²) in [5.74, 6) is -0.0642. The summed E-state index contributed by atoms with van der Waals surface area (Å²) in [6.45, 7) is 0.687. The molecule has 0 bridgehead atoms. The van der Waals surface area contributed by atoms with E-state index in [9.17, 15) is 13.2 Å². The molecule has 116 valence electrons. The van der Waals surface area contributed by atoms with Crippen LogP contribution in [0.25, 0.3) is 0 Å². The van der Waals surface area contributed by atoms with E-state index in [4.69, 9.17) is 5.73 Å². The molecule has 1 amide bonds. The molecule has 1 saturated heterocycles. The molecular weight excluding hydrogens is 292 g/mol. The van der Waals surface area contributed by atoms with E-state index < -0.39 is 10.0 Å². The van der Waals surface area contributed by atoms with Gasteiger partial charge in [-0.05, 0) is 31.0 Å². The maximum Gasteiger partial charge on any atom is 0.242 e. The molecule has 0 spiro atoms. The molecule has 1 aromatic carbocycles. The van der Waals surface area contributed by atoms with E-state index >= 15 is 0 Å². The Morgan fingerprint density at radius 2 is 2.10 bits per heavy atom. The van der Waals surface area contributed by atoms with Gasteiger partial charge in [0.2, 0.25) is 15.9 Å². The molecule has 8 heteroatoms. The van der Waals surface area contributed by atoms with Crippen LogP contribution in [0.4, 0.5) is 11.4 Å². The molecule has 1 fully saturated rings. The van der Waals surface area contributed by atoms with Crippen LogP contribution < -0.4 is 16.4 Å². The fraction of sp³-hybridized carbons (Fsp3) is 0.462. The lowest BCUT2D eigenvalue weighted by molar-refractivity contribution is -0.123. The van der Waals surface area contributed by atoms with E-state index in [1.807, 2.05) is 0 Å². The number of carbonyl (C=O) groups is 1. The molecule has 4 N–H and O–H groups in total. The second-order valence-electron chi connectivity index (χ2n) is 5.17. The van der Waals surface area contributed by atoms with Gasteiger partial charge in [0.15, 0.2) is 0 Å². The lowest BCUT2D eigenvalue weighted by atomic mass is 10.1. The van der Waals surface area contributed by atoms with Crippen molar-refractivity contribution in [2.75, 3.05) is 31.7 Å². The first-order valence-electron chi connectivity index (χ1n) is 6.68. The van der Waals surface area contributed by atoms with Gasteiger partial charge < -0.3 is 16.4 Å². The number of sulfonamides is 1. The molecule has 0 aromatic heterocycles. The molecule has 1 atom stereocenters. The zero-order valence-corrected chi connectivity index (χ0v) is 12.9. The van der Waals surface area contributed by atoms with E-state index in [1.165, 1.54) is 26.2 Å². The average Bonchev–Trinajstić information content (AvgIpc) is 2.43. The monoisotopic (exact) mass is 312 g/mol. The molecule has 21 heavy (non-hydrogen) atoms. The molecule has 7 nitrogen and oxygen atoms in total. The van der Waals surface area contributed by atoms with E-state index in [2.05, 4.69) is 10.6 Å². The predicted octanol–water partition coefficient (Wildman–Crippen LogP) is 0.210. The average molecular weight is 312 g/mol.